The molecule has 0 aromatic heterocycles. The van der Waals surface area contributed by atoms with Crippen LogP contribution in [-0.2, 0) is 28.7 Å². The number of nitrogens with one attached hydrogen (secondary N) is 2. The number of hydrogen-bond acceptors (Lipinski definition) is 8. The average molecular weight is 359 g/mol. The van der Waals surface area contributed by atoms with Gasteiger partial charge in [-0.25, -0.2) is 9.59 Å². The zero-order chi connectivity index (χ0) is 19.4. The lowest BCUT2D eigenvalue weighted by molar-refractivity contribution is -0.144. The second-order valence-electron chi connectivity index (χ2n) is 5.29. The van der Waals surface area contributed by atoms with Crippen molar-refractivity contribution in [1.29, 1.82) is 0 Å². The molecule has 2 atom stereocenters. The maximum atomic E-state index is 11.8. The standard InChI is InChI=1S/C15H25N3O7/c1-9(13(20)17-10(2)14(21)24-3)16-12(19)8-6-5-7-11(18-23)15(22)25-4/h9-10,23H,5-8H2,1-4H3,(H,16,19)(H,17,20)/b18-11+/t9-,10-/m0/s1. The maximum Gasteiger partial charge on any atom is 0.355 e. The van der Waals surface area contributed by atoms with E-state index < -0.39 is 29.9 Å². The van der Waals surface area contributed by atoms with Gasteiger partial charge in [-0.05, 0) is 26.7 Å². The van der Waals surface area contributed by atoms with Crippen LogP contribution in [0.1, 0.15) is 39.5 Å². The Morgan fingerprint density at radius 3 is 2.08 bits per heavy atom. The molecule has 0 bridgehead atoms. The normalized spacial score (nSPS) is 13.4. The number of oxime groups is 1. The first-order valence-corrected chi connectivity index (χ1v) is 7.73. The van der Waals surface area contributed by atoms with E-state index >= 15 is 0 Å². The van der Waals surface area contributed by atoms with Gasteiger partial charge in [0, 0.05) is 12.8 Å². The van der Waals surface area contributed by atoms with Gasteiger partial charge in [-0.3, -0.25) is 9.59 Å². The second-order valence-corrected chi connectivity index (χ2v) is 5.29. The van der Waals surface area contributed by atoms with Crippen molar-refractivity contribution in [3.05, 3.63) is 0 Å². The average Bonchev–Trinajstić information content (AvgIpc) is 2.59. The molecule has 142 valence electrons. The van der Waals surface area contributed by atoms with Gasteiger partial charge in [0.05, 0.1) is 14.2 Å². The van der Waals surface area contributed by atoms with Crippen LogP contribution in [0.15, 0.2) is 5.16 Å². The first-order chi connectivity index (χ1) is 11.8. The van der Waals surface area contributed by atoms with Crippen LogP contribution < -0.4 is 10.6 Å². The third-order valence-electron chi connectivity index (χ3n) is 3.29. The number of carbonyl (C=O) groups excluding carboxylic acids is 4. The van der Waals surface area contributed by atoms with Crippen LogP contribution in [0.5, 0.6) is 0 Å². The first-order valence-electron chi connectivity index (χ1n) is 7.73. The molecule has 10 nitrogen and oxygen atoms in total. The van der Waals surface area contributed by atoms with Gasteiger partial charge in [0.2, 0.25) is 11.8 Å². The predicted octanol–water partition coefficient (Wildman–Crippen LogP) is -0.268. The number of carbonyl (C=O) groups is 4. The maximum absolute atomic E-state index is 11.8. The van der Waals surface area contributed by atoms with Gasteiger partial charge < -0.3 is 25.3 Å². The summed E-state index contributed by atoms with van der Waals surface area (Å²) in [5.41, 5.74) is -0.118. The molecule has 0 fully saturated rings. The Kier molecular flexibility index (Phi) is 10.6. The number of hydrogen-bond donors (Lipinski definition) is 3. The van der Waals surface area contributed by atoms with Crippen molar-refractivity contribution >= 4 is 29.5 Å². The van der Waals surface area contributed by atoms with Gasteiger partial charge >= 0.3 is 11.9 Å². The van der Waals surface area contributed by atoms with Crippen LogP contribution in [0, 0.1) is 0 Å². The summed E-state index contributed by atoms with van der Waals surface area (Å²) in [6.07, 6.45) is 1.16. The largest absolute Gasteiger partial charge is 0.467 e. The monoisotopic (exact) mass is 359 g/mol. The lowest BCUT2D eigenvalue weighted by Crippen LogP contribution is -2.49. The fraction of sp³-hybridized carbons (Fsp3) is 0.667. The molecule has 25 heavy (non-hydrogen) atoms. The number of unbranched alkanes of at least 4 members (excludes halogenated alkanes) is 1. The Hall–Kier alpha value is -2.65. The highest BCUT2D eigenvalue weighted by molar-refractivity contribution is 6.36. The summed E-state index contributed by atoms with van der Waals surface area (Å²) in [7, 11) is 2.39. The number of ether oxygens (including phenoxy) is 2. The topological polar surface area (TPSA) is 143 Å². The molecular formula is C15H25N3O7. The van der Waals surface area contributed by atoms with Crippen LogP contribution in [0.4, 0.5) is 0 Å². The van der Waals surface area contributed by atoms with E-state index in [1.165, 1.54) is 28.1 Å². The summed E-state index contributed by atoms with van der Waals surface area (Å²) in [5, 5.41) is 16.4. The fourth-order valence-corrected chi connectivity index (χ4v) is 1.84. The van der Waals surface area contributed by atoms with Gasteiger partial charge in [0.15, 0.2) is 5.71 Å². The summed E-state index contributed by atoms with van der Waals surface area (Å²) in [6.45, 7) is 2.96. The van der Waals surface area contributed by atoms with Crippen molar-refractivity contribution in [2.75, 3.05) is 14.2 Å². The molecule has 10 heteroatoms. The molecule has 0 aromatic carbocycles. The minimum atomic E-state index is -0.816. The third-order valence-corrected chi connectivity index (χ3v) is 3.29. The van der Waals surface area contributed by atoms with Crippen LogP contribution >= 0.6 is 0 Å². The van der Waals surface area contributed by atoms with Crippen molar-refractivity contribution in [1.82, 2.24) is 10.6 Å². The molecule has 0 aliphatic carbocycles. The molecule has 2 amide bonds. The van der Waals surface area contributed by atoms with Crippen LogP contribution in [0.3, 0.4) is 0 Å². The number of rotatable bonds is 10. The van der Waals surface area contributed by atoms with Crippen LogP contribution in [0.2, 0.25) is 0 Å². The molecule has 0 aromatic rings. The minimum absolute atomic E-state index is 0.118. The Labute approximate surface area is 145 Å². The third kappa shape index (κ3) is 8.68. The second kappa shape index (κ2) is 11.8. The van der Waals surface area contributed by atoms with E-state index in [-0.39, 0.29) is 24.5 Å². The summed E-state index contributed by atoms with van der Waals surface area (Å²) >= 11 is 0. The molecule has 3 N–H and O–H groups in total. The van der Waals surface area contributed by atoms with Crippen molar-refractivity contribution in [2.45, 2.75) is 51.6 Å². The summed E-state index contributed by atoms with van der Waals surface area (Å²) < 4.78 is 8.92. The number of amides is 2. The van der Waals surface area contributed by atoms with Crippen LogP contribution in [-0.4, -0.2) is 61.0 Å². The molecule has 0 heterocycles. The lowest BCUT2D eigenvalue weighted by atomic mass is 10.1. The number of methoxy groups -OCH3 is 2. The molecule has 0 unspecified atom stereocenters. The van der Waals surface area contributed by atoms with Crippen LogP contribution in [0.25, 0.3) is 0 Å². The predicted molar refractivity (Wildman–Crippen MR) is 86.9 cm³/mol. The molecule has 0 spiro atoms. The molecule has 0 radical (unpaired) electrons. The Bertz CT molecular complexity index is 519. The Balaban J connectivity index is 4.15. The summed E-state index contributed by atoms with van der Waals surface area (Å²) in [5.74, 6) is -2.17. The van der Waals surface area contributed by atoms with Gasteiger partial charge in [-0.2, -0.15) is 0 Å². The molecule has 0 aliphatic heterocycles. The molecule has 0 aliphatic rings. The van der Waals surface area contributed by atoms with E-state index in [1.54, 1.807) is 0 Å². The summed E-state index contributed by atoms with van der Waals surface area (Å²) in [4.78, 5) is 46.0. The highest BCUT2D eigenvalue weighted by Crippen LogP contribution is 2.03. The first kappa shape index (κ1) is 22.4. The van der Waals surface area contributed by atoms with E-state index in [1.807, 2.05) is 0 Å². The van der Waals surface area contributed by atoms with Gasteiger partial charge in [0.1, 0.15) is 12.1 Å². The zero-order valence-electron chi connectivity index (χ0n) is 14.8. The Morgan fingerprint density at radius 1 is 0.960 bits per heavy atom. The van der Waals surface area contributed by atoms with Gasteiger partial charge in [-0.15, -0.1) is 0 Å². The van der Waals surface area contributed by atoms with E-state index in [2.05, 4.69) is 25.3 Å². The van der Waals surface area contributed by atoms with Gasteiger partial charge in [0.25, 0.3) is 0 Å². The number of esters is 2. The lowest BCUT2D eigenvalue weighted by Gasteiger charge is -2.17. The molecule has 0 saturated carbocycles. The Morgan fingerprint density at radius 2 is 1.56 bits per heavy atom. The summed E-state index contributed by atoms with van der Waals surface area (Å²) in [6, 6.07) is -1.63. The number of nitrogens with zero attached hydrogens (tertiary/aromatic N) is 1. The minimum Gasteiger partial charge on any atom is -0.467 e. The van der Waals surface area contributed by atoms with Crippen molar-refractivity contribution in [3.8, 4) is 0 Å². The van der Waals surface area contributed by atoms with E-state index in [0.717, 1.165) is 0 Å². The van der Waals surface area contributed by atoms with E-state index in [9.17, 15) is 19.2 Å². The quantitative estimate of drug-likeness (QED) is 0.160. The van der Waals surface area contributed by atoms with E-state index in [0.29, 0.717) is 12.8 Å². The van der Waals surface area contributed by atoms with Crippen molar-refractivity contribution in [2.24, 2.45) is 5.16 Å². The zero-order valence-corrected chi connectivity index (χ0v) is 14.8. The highest BCUT2D eigenvalue weighted by Gasteiger charge is 2.21. The van der Waals surface area contributed by atoms with Crippen molar-refractivity contribution < 1.29 is 33.9 Å². The highest BCUT2D eigenvalue weighted by atomic mass is 16.5. The molecule has 0 rings (SSSR count). The SMILES string of the molecule is COC(=O)/C(CCCCC(=O)N[C@@H](C)C(=O)N[C@@H](C)C(=O)OC)=N/O. The fourth-order valence-electron chi connectivity index (χ4n) is 1.84. The van der Waals surface area contributed by atoms with Gasteiger partial charge in [-0.1, -0.05) is 5.16 Å². The molecule has 0 saturated heterocycles. The van der Waals surface area contributed by atoms with E-state index in [4.69, 9.17) is 5.21 Å². The smallest absolute Gasteiger partial charge is 0.355 e. The van der Waals surface area contributed by atoms with Crippen molar-refractivity contribution in [3.63, 3.8) is 0 Å². The molecular weight excluding hydrogens is 334 g/mol.